The molecule has 0 bridgehead atoms. The van der Waals surface area contributed by atoms with E-state index in [1.807, 2.05) is 6.07 Å². The number of aromatic nitrogens is 3. The Morgan fingerprint density at radius 3 is 2.67 bits per heavy atom. The van der Waals surface area contributed by atoms with Crippen LogP contribution in [-0.2, 0) is 17.8 Å². The highest BCUT2D eigenvalue weighted by Gasteiger charge is 2.24. The minimum absolute atomic E-state index is 0.0892. The number of nitrogens with one attached hydrogen (secondary N) is 2. The van der Waals surface area contributed by atoms with Gasteiger partial charge in [-0.05, 0) is 36.4 Å². The van der Waals surface area contributed by atoms with Crippen LogP contribution in [0.5, 0.6) is 5.75 Å². The predicted octanol–water partition coefficient (Wildman–Crippen LogP) is 2.77. The second-order valence-corrected chi connectivity index (χ2v) is 7.32. The number of ether oxygens (including phenoxy) is 1. The third-order valence-corrected chi connectivity index (χ3v) is 5.24. The summed E-state index contributed by atoms with van der Waals surface area (Å²) in [7, 11) is 1.57. The normalized spacial score (nSPS) is 11.2. The molecule has 5 rings (SSSR count). The average molecular weight is 445 g/mol. The van der Waals surface area contributed by atoms with Crippen molar-refractivity contribution in [3.8, 4) is 17.1 Å². The Kier molecular flexibility index (Phi) is 5.02. The Bertz CT molecular complexity index is 1530. The molecule has 0 aliphatic heterocycles. The number of furan rings is 1. The maximum absolute atomic E-state index is 12.9. The van der Waals surface area contributed by atoms with E-state index in [-0.39, 0.29) is 30.2 Å². The van der Waals surface area contributed by atoms with Crippen molar-refractivity contribution in [2.24, 2.45) is 0 Å². The SMILES string of the molecule is COc1ccc(-c2oc3c(c2CC(=O)NCc2nc(N)n[nH]2)c(=O)oc2ccccc23)cc1. The molecule has 5 aromatic rings. The maximum Gasteiger partial charge on any atom is 0.347 e. The van der Waals surface area contributed by atoms with Gasteiger partial charge in [0.25, 0.3) is 0 Å². The van der Waals surface area contributed by atoms with E-state index in [0.29, 0.717) is 45.0 Å². The molecule has 0 saturated heterocycles. The van der Waals surface area contributed by atoms with Crippen molar-refractivity contribution in [1.29, 1.82) is 0 Å². The second-order valence-electron chi connectivity index (χ2n) is 7.32. The summed E-state index contributed by atoms with van der Waals surface area (Å²) in [5.41, 5.74) is 6.83. The van der Waals surface area contributed by atoms with Crippen LogP contribution in [0.3, 0.4) is 0 Å². The van der Waals surface area contributed by atoms with Gasteiger partial charge in [-0.25, -0.2) is 4.79 Å². The molecule has 0 aliphatic carbocycles. The molecule has 3 aromatic heterocycles. The average Bonchev–Trinajstić information content (AvgIpc) is 3.42. The standard InChI is InChI=1S/C23H19N5O5/c1-31-13-8-6-12(7-9-13)20-15(10-18(29)25-11-17-26-23(24)28-27-17)19-21(33-20)14-4-2-3-5-16(14)32-22(19)30/h2-9H,10-11H2,1H3,(H,25,29)(H3,24,26,27,28). The molecule has 0 saturated carbocycles. The number of amides is 1. The van der Waals surface area contributed by atoms with Crippen LogP contribution in [0.1, 0.15) is 11.4 Å². The molecule has 3 heterocycles. The highest BCUT2D eigenvalue weighted by molar-refractivity contribution is 6.05. The number of aromatic amines is 1. The predicted molar refractivity (Wildman–Crippen MR) is 121 cm³/mol. The third-order valence-electron chi connectivity index (χ3n) is 5.24. The molecule has 0 spiro atoms. The van der Waals surface area contributed by atoms with Gasteiger partial charge in [-0.1, -0.05) is 12.1 Å². The minimum Gasteiger partial charge on any atom is -0.497 e. The van der Waals surface area contributed by atoms with Gasteiger partial charge in [0.1, 0.15) is 28.3 Å². The van der Waals surface area contributed by atoms with Crippen LogP contribution >= 0.6 is 0 Å². The number of nitrogen functional groups attached to an aromatic ring is 1. The van der Waals surface area contributed by atoms with Gasteiger partial charge < -0.3 is 24.6 Å². The highest BCUT2D eigenvalue weighted by atomic mass is 16.5. The first-order valence-electron chi connectivity index (χ1n) is 10.1. The van der Waals surface area contributed by atoms with Crippen molar-refractivity contribution in [3.05, 3.63) is 70.3 Å². The number of benzene rings is 2. The first-order chi connectivity index (χ1) is 16.0. The van der Waals surface area contributed by atoms with Crippen molar-refractivity contribution in [1.82, 2.24) is 20.5 Å². The van der Waals surface area contributed by atoms with Crippen molar-refractivity contribution in [2.45, 2.75) is 13.0 Å². The highest BCUT2D eigenvalue weighted by Crippen LogP contribution is 2.36. The fourth-order valence-corrected chi connectivity index (χ4v) is 3.70. The first-order valence-corrected chi connectivity index (χ1v) is 10.1. The van der Waals surface area contributed by atoms with Crippen molar-refractivity contribution in [3.63, 3.8) is 0 Å². The number of rotatable bonds is 6. The number of nitrogens with zero attached hydrogens (tertiary/aromatic N) is 2. The lowest BCUT2D eigenvalue weighted by Crippen LogP contribution is -2.25. The van der Waals surface area contributed by atoms with E-state index < -0.39 is 5.63 Å². The van der Waals surface area contributed by atoms with Gasteiger partial charge >= 0.3 is 5.63 Å². The van der Waals surface area contributed by atoms with Crippen molar-refractivity contribution in [2.75, 3.05) is 12.8 Å². The number of fused-ring (bicyclic) bond motifs is 3. The number of methoxy groups -OCH3 is 1. The maximum atomic E-state index is 12.9. The zero-order valence-electron chi connectivity index (χ0n) is 17.5. The van der Waals surface area contributed by atoms with Crippen LogP contribution < -0.4 is 21.4 Å². The summed E-state index contributed by atoms with van der Waals surface area (Å²) in [6, 6.07) is 14.3. The lowest BCUT2D eigenvalue weighted by molar-refractivity contribution is -0.120. The molecule has 0 atom stereocenters. The quantitative estimate of drug-likeness (QED) is 0.338. The van der Waals surface area contributed by atoms with E-state index in [0.717, 1.165) is 0 Å². The van der Waals surface area contributed by atoms with Gasteiger partial charge in [-0.3, -0.25) is 9.89 Å². The van der Waals surface area contributed by atoms with Crippen LogP contribution in [0.2, 0.25) is 0 Å². The molecule has 0 aliphatic rings. The Balaban J connectivity index is 1.60. The molecular weight excluding hydrogens is 426 g/mol. The van der Waals surface area contributed by atoms with E-state index in [9.17, 15) is 9.59 Å². The fraction of sp³-hybridized carbons (Fsp3) is 0.130. The molecule has 10 nitrogen and oxygen atoms in total. The summed E-state index contributed by atoms with van der Waals surface area (Å²) in [6.45, 7) is 0.105. The molecule has 33 heavy (non-hydrogen) atoms. The molecule has 10 heteroatoms. The zero-order valence-corrected chi connectivity index (χ0v) is 17.5. The van der Waals surface area contributed by atoms with Crippen LogP contribution in [0.4, 0.5) is 5.95 Å². The number of nitrogens with two attached hydrogens (primary N) is 1. The Morgan fingerprint density at radius 1 is 1.15 bits per heavy atom. The summed E-state index contributed by atoms with van der Waals surface area (Å²) < 4.78 is 16.9. The molecule has 1 amide bonds. The minimum atomic E-state index is -0.571. The zero-order chi connectivity index (χ0) is 22.9. The van der Waals surface area contributed by atoms with Gasteiger partial charge in [-0.2, -0.15) is 4.98 Å². The van der Waals surface area contributed by atoms with E-state index >= 15 is 0 Å². The second kappa shape index (κ2) is 8.15. The van der Waals surface area contributed by atoms with Gasteiger partial charge in [-0.15, -0.1) is 5.10 Å². The summed E-state index contributed by atoms with van der Waals surface area (Å²) in [5, 5.41) is 9.99. The number of carbonyl (C=O) groups is 1. The molecule has 166 valence electrons. The summed E-state index contributed by atoms with van der Waals surface area (Å²) in [4.78, 5) is 29.7. The molecule has 2 aromatic carbocycles. The van der Waals surface area contributed by atoms with E-state index in [1.165, 1.54) is 0 Å². The number of para-hydroxylation sites is 1. The monoisotopic (exact) mass is 445 g/mol. The van der Waals surface area contributed by atoms with E-state index in [1.54, 1.807) is 49.6 Å². The molecule has 0 fully saturated rings. The lowest BCUT2D eigenvalue weighted by Gasteiger charge is -2.06. The Morgan fingerprint density at radius 2 is 1.94 bits per heavy atom. The number of H-pyrrole nitrogens is 1. The van der Waals surface area contributed by atoms with Gasteiger partial charge in [0.15, 0.2) is 5.58 Å². The third kappa shape index (κ3) is 3.78. The summed E-state index contributed by atoms with van der Waals surface area (Å²) in [5.74, 6) is 1.25. The molecule has 4 N–H and O–H groups in total. The first kappa shape index (κ1) is 20.3. The number of carbonyl (C=O) groups excluding carboxylic acids is 1. The van der Waals surface area contributed by atoms with Crippen molar-refractivity contribution < 1.29 is 18.4 Å². The number of anilines is 1. The number of hydrogen-bond acceptors (Lipinski definition) is 8. The molecule has 0 radical (unpaired) electrons. The Labute approximate surface area is 186 Å². The Hall–Kier alpha value is -4.60. The van der Waals surface area contributed by atoms with Crippen LogP contribution in [0.15, 0.2) is 62.2 Å². The van der Waals surface area contributed by atoms with Gasteiger partial charge in [0.05, 0.1) is 25.5 Å². The van der Waals surface area contributed by atoms with E-state index in [2.05, 4.69) is 20.5 Å². The van der Waals surface area contributed by atoms with E-state index in [4.69, 9.17) is 19.3 Å². The van der Waals surface area contributed by atoms with Crippen molar-refractivity contribution >= 4 is 33.8 Å². The van der Waals surface area contributed by atoms with Gasteiger partial charge in [0.2, 0.25) is 11.9 Å². The lowest BCUT2D eigenvalue weighted by atomic mass is 10.0. The van der Waals surface area contributed by atoms with Crippen LogP contribution in [-0.4, -0.2) is 28.2 Å². The molecular formula is C23H19N5O5. The van der Waals surface area contributed by atoms with Crippen LogP contribution in [0, 0.1) is 0 Å². The largest absolute Gasteiger partial charge is 0.497 e. The topological polar surface area (TPSA) is 149 Å². The summed E-state index contributed by atoms with van der Waals surface area (Å²) in [6.07, 6.45) is -0.110. The number of hydrogen-bond donors (Lipinski definition) is 3. The summed E-state index contributed by atoms with van der Waals surface area (Å²) >= 11 is 0. The van der Waals surface area contributed by atoms with Crippen LogP contribution in [0.25, 0.3) is 33.3 Å². The fourth-order valence-electron chi connectivity index (χ4n) is 3.70. The van der Waals surface area contributed by atoms with Gasteiger partial charge in [0, 0.05) is 11.1 Å². The smallest absolute Gasteiger partial charge is 0.347 e. The molecule has 0 unspecified atom stereocenters.